The molecule has 0 bridgehead atoms. The van der Waals surface area contributed by atoms with E-state index < -0.39 is 0 Å². The SMILES string of the molecule is CC1(C)c2ccccc2-c2cc3c(cc21)Oc1ccc(-c2cccc(-c4nc(-c5cccc(-c6ccccc6)c5)nc(-c5cccc(-c6ccccc6)c5)n4)c2)cc1O3. The van der Waals surface area contributed by atoms with E-state index in [0.717, 1.165) is 55.8 Å². The zero-order valence-corrected chi connectivity index (χ0v) is 32.6. The number of aromatic nitrogens is 3. The molecule has 11 rings (SSSR count). The van der Waals surface area contributed by atoms with Gasteiger partial charge in [0.1, 0.15) is 0 Å². The first-order valence-corrected chi connectivity index (χ1v) is 19.9. The van der Waals surface area contributed by atoms with Gasteiger partial charge in [-0.3, -0.25) is 0 Å². The average molecular weight is 760 g/mol. The van der Waals surface area contributed by atoms with Crippen LogP contribution in [0.15, 0.2) is 188 Å². The zero-order chi connectivity index (χ0) is 39.5. The van der Waals surface area contributed by atoms with Crippen LogP contribution in [0.5, 0.6) is 23.0 Å². The molecule has 0 saturated heterocycles. The highest BCUT2D eigenvalue weighted by Gasteiger charge is 2.37. The summed E-state index contributed by atoms with van der Waals surface area (Å²) in [6, 6.07) is 64.9. The minimum absolute atomic E-state index is 0.127. The van der Waals surface area contributed by atoms with Crippen LogP contribution in [0.2, 0.25) is 0 Å². The van der Waals surface area contributed by atoms with E-state index in [1.54, 1.807) is 0 Å². The summed E-state index contributed by atoms with van der Waals surface area (Å²) in [5, 5.41) is 0. The first-order valence-electron chi connectivity index (χ1n) is 19.9. The van der Waals surface area contributed by atoms with E-state index in [4.69, 9.17) is 24.4 Å². The van der Waals surface area contributed by atoms with Gasteiger partial charge in [-0.2, -0.15) is 0 Å². The Hall–Kier alpha value is -7.63. The molecule has 0 atom stereocenters. The van der Waals surface area contributed by atoms with Crippen LogP contribution in [0.3, 0.4) is 0 Å². The maximum atomic E-state index is 6.62. The molecule has 0 spiro atoms. The van der Waals surface area contributed by atoms with Crippen molar-refractivity contribution in [2.45, 2.75) is 19.3 Å². The number of fused-ring (bicyclic) bond motifs is 5. The van der Waals surface area contributed by atoms with Gasteiger partial charge in [-0.1, -0.05) is 159 Å². The van der Waals surface area contributed by atoms with Crippen LogP contribution < -0.4 is 9.47 Å². The first kappa shape index (κ1) is 34.6. The minimum Gasteiger partial charge on any atom is -0.450 e. The van der Waals surface area contributed by atoms with Crippen molar-refractivity contribution in [1.82, 2.24) is 15.0 Å². The van der Waals surface area contributed by atoms with E-state index in [0.29, 0.717) is 34.7 Å². The predicted octanol–water partition coefficient (Wildman–Crippen LogP) is 14.1. The fraction of sp³-hybridized carbons (Fsp3) is 0.0556. The first-order chi connectivity index (χ1) is 28.9. The Kier molecular flexibility index (Phi) is 8.09. The Labute approximate surface area is 343 Å². The summed E-state index contributed by atoms with van der Waals surface area (Å²) >= 11 is 0. The third-order valence-corrected chi connectivity index (χ3v) is 11.6. The molecular weight excluding hydrogens is 723 g/mol. The van der Waals surface area contributed by atoms with Crippen molar-refractivity contribution in [2.75, 3.05) is 0 Å². The second-order valence-electron chi connectivity index (χ2n) is 15.7. The summed E-state index contributed by atoms with van der Waals surface area (Å²) in [7, 11) is 0. The molecule has 0 fully saturated rings. The van der Waals surface area contributed by atoms with Crippen LogP contribution in [0, 0.1) is 0 Å². The van der Waals surface area contributed by atoms with Gasteiger partial charge in [-0.05, 0) is 98.1 Å². The third-order valence-electron chi connectivity index (χ3n) is 11.6. The van der Waals surface area contributed by atoms with Gasteiger partial charge in [0.25, 0.3) is 0 Å². The molecule has 280 valence electrons. The Morgan fingerprint density at radius 3 is 1.31 bits per heavy atom. The Morgan fingerprint density at radius 1 is 0.305 bits per heavy atom. The number of nitrogens with zero attached hydrogens (tertiary/aromatic N) is 3. The van der Waals surface area contributed by atoms with Gasteiger partial charge < -0.3 is 9.47 Å². The molecule has 5 heteroatoms. The molecule has 2 heterocycles. The molecule has 0 amide bonds. The topological polar surface area (TPSA) is 57.1 Å². The Morgan fingerprint density at radius 2 is 0.729 bits per heavy atom. The highest BCUT2D eigenvalue weighted by Crippen LogP contribution is 2.55. The van der Waals surface area contributed by atoms with E-state index in [-0.39, 0.29) is 5.41 Å². The quantitative estimate of drug-likeness (QED) is 0.169. The van der Waals surface area contributed by atoms with Gasteiger partial charge in [0, 0.05) is 22.1 Å². The Balaban J connectivity index is 0.974. The third kappa shape index (κ3) is 6.16. The molecule has 0 N–H and O–H groups in total. The lowest BCUT2D eigenvalue weighted by Gasteiger charge is -2.25. The van der Waals surface area contributed by atoms with Crippen molar-refractivity contribution < 1.29 is 9.47 Å². The van der Waals surface area contributed by atoms with Gasteiger partial charge in [-0.15, -0.1) is 0 Å². The maximum Gasteiger partial charge on any atom is 0.170 e. The number of ether oxygens (including phenoxy) is 2. The number of hydrogen-bond acceptors (Lipinski definition) is 5. The van der Waals surface area contributed by atoms with Gasteiger partial charge in [0.05, 0.1) is 0 Å². The Bertz CT molecular complexity index is 2980. The molecule has 0 radical (unpaired) electrons. The van der Waals surface area contributed by atoms with Crippen LogP contribution >= 0.6 is 0 Å². The number of rotatable bonds is 6. The van der Waals surface area contributed by atoms with Gasteiger partial charge >= 0.3 is 0 Å². The molecule has 1 aliphatic carbocycles. The lowest BCUT2D eigenvalue weighted by atomic mass is 9.82. The van der Waals surface area contributed by atoms with Gasteiger partial charge in [0.15, 0.2) is 40.5 Å². The predicted molar refractivity (Wildman–Crippen MR) is 237 cm³/mol. The van der Waals surface area contributed by atoms with Crippen LogP contribution in [-0.4, -0.2) is 15.0 Å². The molecule has 59 heavy (non-hydrogen) atoms. The van der Waals surface area contributed by atoms with E-state index >= 15 is 0 Å². The molecule has 0 saturated carbocycles. The smallest absolute Gasteiger partial charge is 0.170 e. The fourth-order valence-electron chi connectivity index (χ4n) is 8.49. The normalized spacial score (nSPS) is 13.0. The van der Waals surface area contributed by atoms with Crippen LogP contribution in [-0.2, 0) is 5.41 Å². The van der Waals surface area contributed by atoms with Gasteiger partial charge in [0.2, 0.25) is 0 Å². The van der Waals surface area contributed by atoms with Crippen LogP contribution in [0.4, 0.5) is 0 Å². The highest BCUT2D eigenvalue weighted by atomic mass is 16.6. The standard InChI is InChI=1S/C54H37N3O2/c1-54(2)45-25-10-9-24-43(45)44-32-49-50(33-46(44)54)58-47-27-26-39(31-48(47)59-49)38-20-13-23-42(30-38)53-56-51(40-21-11-18-36(28-40)34-14-5-3-6-15-34)55-52(57-53)41-22-12-19-37(29-41)35-16-7-4-8-17-35/h3-33H,1-2H3. The van der Waals surface area contributed by atoms with Crippen molar-refractivity contribution in [2.24, 2.45) is 0 Å². The zero-order valence-electron chi connectivity index (χ0n) is 32.6. The van der Waals surface area contributed by atoms with E-state index in [1.165, 1.54) is 22.3 Å². The second kappa shape index (κ2) is 13.8. The molecule has 8 aromatic carbocycles. The van der Waals surface area contributed by atoms with Crippen molar-refractivity contribution in [1.29, 1.82) is 0 Å². The molecule has 9 aromatic rings. The van der Waals surface area contributed by atoms with E-state index in [2.05, 4.69) is 184 Å². The average Bonchev–Trinajstić information content (AvgIpc) is 3.52. The molecule has 0 unspecified atom stereocenters. The monoisotopic (exact) mass is 759 g/mol. The summed E-state index contributed by atoms with van der Waals surface area (Å²) in [5.74, 6) is 4.61. The fourth-order valence-corrected chi connectivity index (χ4v) is 8.49. The summed E-state index contributed by atoms with van der Waals surface area (Å²) in [6.45, 7) is 4.54. The lowest BCUT2D eigenvalue weighted by molar-refractivity contribution is 0.359. The molecule has 5 nitrogen and oxygen atoms in total. The highest BCUT2D eigenvalue weighted by molar-refractivity contribution is 5.84. The number of benzene rings is 8. The molecular formula is C54H37N3O2. The van der Waals surface area contributed by atoms with Crippen LogP contribution in [0.25, 0.3) is 78.7 Å². The van der Waals surface area contributed by atoms with Crippen molar-refractivity contribution in [3.63, 3.8) is 0 Å². The maximum absolute atomic E-state index is 6.62. The summed E-state index contributed by atoms with van der Waals surface area (Å²) in [4.78, 5) is 15.4. The summed E-state index contributed by atoms with van der Waals surface area (Å²) < 4.78 is 13.1. The summed E-state index contributed by atoms with van der Waals surface area (Å²) in [5.41, 5.74) is 14.0. The lowest BCUT2D eigenvalue weighted by Crippen LogP contribution is -2.15. The molecule has 1 aliphatic heterocycles. The largest absolute Gasteiger partial charge is 0.450 e. The molecule has 1 aromatic heterocycles. The van der Waals surface area contributed by atoms with Gasteiger partial charge in [-0.25, -0.2) is 15.0 Å². The minimum atomic E-state index is -0.127. The van der Waals surface area contributed by atoms with Crippen molar-refractivity contribution >= 4 is 0 Å². The van der Waals surface area contributed by atoms with Crippen molar-refractivity contribution in [3.05, 3.63) is 199 Å². The van der Waals surface area contributed by atoms with Crippen LogP contribution in [0.1, 0.15) is 25.0 Å². The molecule has 2 aliphatic rings. The summed E-state index contributed by atoms with van der Waals surface area (Å²) in [6.07, 6.45) is 0. The number of hydrogen-bond donors (Lipinski definition) is 0. The van der Waals surface area contributed by atoms with Crippen molar-refractivity contribution in [3.8, 4) is 102 Å². The second-order valence-corrected chi connectivity index (χ2v) is 15.7. The van der Waals surface area contributed by atoms with E-state index in [9.17, 15) is 0 Å². The van der Waals surface area contributed by atoms with E-state index in [1.807, 2.05) is 18.2 Å².